The lowest BCUT2D eigenvalue weighted by atomic mass is 10.1. The van der Waals surface area contributed by atoms with E-state index in [4.69, 9.17) is 0 Å². The predicted octanol–water partition coefficient (Wildman–Crippen LogP) is 2.36. The number of benzene rings is 1. The standard InChI is InChI=1S/C9H11/c1-3-9-7-5-4-6-8(9)2/h4,6-7H,3H2,1-2H3. The Morgan fingerprint density at radius 1 is 1.56 bits per heavy atom. The minimum atomic E-state index is 1.11. The van der Waals surface area contributed by atoms with Crippen molar-refractivity contribution in [2.75, 3.05) is 0 Å². The number of rotatable bonds is 1. The maximum absolute atomic E-state index is 3.05. The highest BCUT2D eigenvalue weighted by atomic mass is 13.9. The summed E-state index contributed by atoms with van der Waals surface area (Å²) in [6.07, 6.45) is 1.11. The zero-order chi connectivity index (χ0) is 6.69. The Bertz CT molecular complexity index is 189. The minimum absolute atomic E-state index is 1.11. The van der Waals surface area contributed by atoms with E-state index in [0.29, 0.717) is 0 Å². The van der Waals surface area contributed by atoms with Crippen LogP contribution in [-0.4, -0.2) is 0 Å². The molecule has 0 aliphatic rings. The number of hydrogen-bond acceptors (Lipinski definition) is 0. The molecule has 47 valence electrons. The molecule has 1 aromatic rings. The predicted molar refractivity (Wildman–Crippen MR) is 39.4 cm³/mol. The molecule has 0 spiro atoms. The SMILES string of the molecule is CCc1c[c]ccc1C. The zero-order valence-electron chi connectivity index (χ0n) is 5.94. The monoisotopic (exact) mass is 119 g/mol. The maximum atomic E-state index is 3.05. The normalized spacial score (nSPS) is 9.56. The molecule has 0 aliphatic heterocycles. The highest BCUT2D eigenvalue weighted by molar-refractivity contribution is 5.24. The fourth-order valence-electron chi connectivity index (χ4n) is 0.924. The molecule has 0 N–H and O–H groups in total. The van der Waals surface area contributed by atoms with Crippen molar-refractivity contribution in [1.29, 1.82) is 0 Å². The van der Waals surface area contributed by atoms with E-state index in [0.717, 1.165) is 6.42 Å². The van der Waals surface area contributed by atoms with Crippen molar-refractivity contribution in [3.8, 4) is 0 Å². The molecule has 9 heavy (non-hydrogen) atoms. The Hall–Kier alpha value is -0.780. The second kappa shape index (κ2) is 2.67. The van der Waals surface area contributed by atoms with Gasteiger partial charge in [0.25, 0.3) is 0 Å². The smallest absolute Gasteiger partial charge is 0.0181 e. The van der Waals surface area contributed by atoms with E-state index in [-0.39, 0.29) is 0 Å². The van der Waals surface area contributed by atoms with Crippen molar-refractivity contribution in [3.63, 3.8) is 0 Å². The lowest BCUT2D eigenvalue weighted by molar-refractivity contribution is 1.11. The van der Waals surface area contributed by atoms with Crippen LogP contribution in [0.2, 0.25) is 0 Å². The topological polar surface area (TPSA) is 0 Å². The van der Waals surface area contributed by atoms with E-state index in [1.54, 1.807) is 0 Å². The van der Waals surface area contributed by atoms with E-state index in [1.165, 1.54) is 11.1 Å². The van der Waals surface area contributed by atoms with Crippen molar-refractivity contribution < 1.29 is 0 Å². The third-order valence-electron chi connectivity index (χ3n) is 1.57. The summed E-state index contributed by atoms with van der Waals surface area (Å²) < 4.78 is 0. The van der Waals surface area contributed by atoms with Crippen molar-refractivity contribution in [1.82, 2.24) is 0 Å². The largest absolute Gasteiger partial charge is 0.0613 e. The van der Waals surface area contributed by atoms with E-state index >= 15 is 0 Å². The van der Waals surface area contributed by atoms with Gasteiger partial charge in [-0.25, -0.2) is 0 Å². The highest BCUT2D eigenvalue weighted by Gasteiger charge is 1.89. The molecule has 0 heterocycles. The Balaban J connectivity index is 3.01. The molecule has 1 aromatic carbocycles. The summed E-state index contributed by atoms with van der Waals surface area (Å²) >= 11 is 0. The Morgan fingerprint density at radius 3 is 2.78 bits per heavy atom. The number of aryl methyl sites for hydroxylation is 2. The first kappa shape index (κ1) is 6.34. The van der Waals surface area contributed by atoms with Gasteiger partial charge in [-0.2, -0.15) is 0 Å². The molecule has 0 bridgehead atoms. The lowest BCUT2D eigenvalue weighted by Crippen LogP contribution is -1.82. The van der Waals surface area contributed by atoms with Crippen LogP contribution in [0.4, 0.5) is 0 Å². The van der Waals surface area contributed by atoms with Crippen molar-refractivity contribution >= 4 is 0 Å². The third kappa shape index (κ3) is 1.32. The van der Waals surface area contributed by atoms with Gasteiger partial charge in [-0.05, 0) is 30.5 Å². The van der Waals surface area contributed by atoms with Crippen LogP contribution in [0.15, 0.2) is 18.2 Å². The molecule has 0 heteroatoms. The van der Waals surface area contributed by atoms with E-state index < -0.39 is 0 Å². The van der Waals surface area contributed by atoms with E-state index in [1.807, 2.05) is 6.07 Å². The summed E-state index contributed by atoms with van der Waals surface area (Å²) in [5, 5.41) is 0. The van der Waals surface area contributed by atoms with Gasteiger partial charge in [0.05, 0.1) is 0 Å². The van der Waals surface area contributed by atoms with Crippen LogP contribution in [0.3, 0.4) is 0 Å². The second-order valence-corrected chi connectivity index (χ2v) is 2.21. The maximum Gasteiger partial charge on any atom is -0.0181 e. The van der Waals surface area contributed by atoms with Crippen LogP contribution >= 0.6 is 0 Å². The average Bonchev–Trinajstić information content (AvgIpc) is 1.89. The molecule has 0 aromatic heterocycles. The van der Waals surface area contributed by atoms with Crippen LogP contribution < -0.4 is 0 Å². The molecule has 0 amide bonds. The van der Waals surface area contributed by atoms with E-state index in [2.05, 4.69) is 32.0 Å². The quantitative estimate of drug-likeness (QED) is 0.532. The third-order valence-corrected chi connectivity index (χ3v) is 1.57. The van der Waals surface area contributed by atoms with Crippen LogP contribution in [-0.2, 0) is 6.42 Å². The zero-order valence-corrected chi connectivity index (χ0v) is 5.94. The summed E-state index contributed by atoms with van der Waals surface area (Å²) in [7, 11) is 0. The fourth-order valence-corrected chi connectivity index (χ4v) is 0.924. The lowest BCUT2D eigenvalue weighted by Gasteiger charge is -1.98. The van der Waals surface area contributed by atoms with Gasteiger partial charge in [0.15, 0.2) is 0 Å². The van der Waals surface area contributed by atoms with Crippen molar-refractivity contribution in [3.05, 3.63) is 35.4 Å². The molecule has 1 rings (SSSR count). The van der Waals surface area contributed by atoms with Gasteiger partial charge in [0.1, 0.15) is 0 Å². The molecule has 0 nitrogen and oxygen atoms in total. The van der Waals surface area contributed by atoms with Crippen molar-refractivity contribution in [2.45, 2.75) is 20.3 Å². The van der Waals surface area contributed by atoms with Gasteiger partial charge >= 0.3 is 0 Å². The molecule has 0 atom stereocenters. The van der Waals surface area contributed by atoms with Crippen LogP contribution in [0, 0.1) is 13.0 Å². The van der Waals surface area contributed by atoms with E-state index in [9.17, 15) is 0 Å². The highest BCUT2D eigenvalue weighted by Crippen LogP contribution is 2.05. The molecule has 1 radical (unpaired) electrons. The summed E-state index contributed by atoms with van der Waals surface area (Å²) in [6.45, 7) is 4.29. The van der Waals surface area contributed by atoms with Crippen LogP contribution in [0.25, 0.3) is 0 Å². The van der Waals surface area contributed by atoms with Gasteiger partial charge in [-0.1, -0.05) is 25.1 Å². The molecule has 0 fully saturated rings. The van der Waals surface area contributed by atoms with Crippen molar-refractivity contribution in [2.24, 2.45) is 0 Å². The fraction of sp³-hybridized carbons (Fsp3) is 0.333. The van der Waals surface area contributed by atoms with Crippen LogP contribution in [0.1, 0.15) is 18.1 Å². The Morgan fingerprint density at radius 2 is 2.33 bits per heavy atom. The molecule has 0 unspecified atom stereocenters. The van der Waals surface area contributed by atoms with Gasteiger partial charge in [0.2, 0.25) is 0 Å². The molecular weight excluding hydrogens is 108 g/mol. The first-order chi connectivity index (χ1) is 4.34. The summed E-state index contributed by atoms with van der Waals surface area (Å²) in [5.41, 5.74) is 2.77. The van der Waals surface area contributed by atoms with Crippen LogP contribution in [0.5, 0.6) is 0 Å². The van der Waals surface area contributed by atoms with Gasteiger partial charge in [0, 0.05) is 0 Å². The molecule has 0 saturated carbocycles. The number of hydrogen-bond donors (Lipinski definition) is 0. The molecular formula is C9H11. The van der Waals surface area contributed by atoms with Gasteiger partial charge < -0.3 is 0 Å². The average molecular weight is 119 g/mol. The van der Waals surface area contributed by atoms with Gasteiger partial charge in [-0.3, -0.25) is 0 Å². The first-order valence-electron chi connectivity index (χ1n) is 3.30. The first-order valence-corrected chi connectivity index (χ1v) is 3.30. The minimum Gasteiger partial charge on any atom is -0.0613 e. The second-order valence-electron chi connectivity index (χ2n) is 2.21. The summed E-state index contributed by atoms with van der Waals surface area (Å²) in [6, 6.07) is 9.15. The summed E-state index contributed by atoms with van der Waals surface area (Å²) in [5.74, 6) is 0. The Kier molecular flexibility index (Phi) is 1.88. The summed E-state index contributed by atoms with van der Waals surface area (Å²) in [4.78, 5) is 0. The Labute approximate surface area is 56.5 Å². The molecule has 0 aliphatic carbocycles. The van der Waals surface area contributed by atoms with Gasteiger partial charge in [-0.15, -0.1) is 0 Å². The molecule has 0 saturated heterocycles.